The molecule has 0 spiro atoms. The zero-order valence-corrected chi connectivity index (χ0v) is 4.46. The molecule has 0 aromatic heterocycles. The molecule has 0 saturated carbocycles. The molecule has 0 heterocycles. The molecule has 0 bridgehead atoms. The summed E-state index contributed by atoms with van der Waals surface area (Å²) in [5, 5.41) is 0. The molecule has 0 aliphatic heterocycles. The quantitative estimate of drug-likeness (QED) is 0.412. The topological polar surface area (TPSA) is 17.1 Å². The fourth-order valence-electron chi connectivity index (χ4n) is 0. The second kappa shape index (κ2) is 1.14. The minimum absolute atomic E-state index is 1.63. The van der Waals surface area contributed by atoms with Gasteiger partial charge in [0.05, 0.1) is 7.14 Å². The third-order valence-electron chi connectivity index (χ3n) is 0. The van der Waals surface area contributed by atoms with Crippen LogP contribution in [-0.2, 0) is 4.57 Å². The van der Waals surface area contributed by atoms with Crippen LogP contribution in [0.15, 0.2) is 0 Å². The maximum absolute atomic E-state index is 10.1. The van der Waals surface area contributed by atoms with E-state index in [-0.39, 0.29) is 0 Å². The van der Waals surface area contributed by atoms with Gasteiger partial charge in [-0.3, -0.25) is 0 Å². The zero-order valence-electron chi connectivity index (χ0n) is 3.56. The Morgan fingerprint density at radius 2 is 1.60 bits per heavy atom. The summed E-state index contributed by atoms with van der Waals surface area (Å²) in [4.78, 5) is 0. The molecule has 0 atom stereocenters. The van der Waals surface area contributed by atoms with E-state index in [1.807, 2.05) is 0 Å². The standard InChI is InChI=1S/C3H8OP/c1-5(2,3)4/h1H2,2-3H3. The summed E-state index contributed by atoms with van der Waals surface area (Å²) in [6.45, 7) is 6.59. The summed E-state index contributed by atoms with van der Waals surface area (Å²) in [7, 11) is -1.89. The molecule has 0 rings (SSSR count). The summed E-state index contributed by atoms with van der Waals surface area (Å²) in [6.07, 6.45) is 0. The van der Waals surface area contributed by atoms with Gasteiger partial charge >= 0.3 is 0 Å². The molecule has 0 amide bonds. The average Bonchev–Trinajstić information content (AvgIpc) is 0.722. The molecular weight excluding hydrogens is 83.0 g/mol. The highest BCUT2D eigenvalue weighted by Crippen LogP contribution is 2.31. The first-order valence-corrected chi connectivity index (χ1v) is 4.18. The Balaban J connectivity index is 3.47. The van der Waals surface area contributed by atoms with Crippen molar-refractivity contribution in [2.24, 2.45) is 0 Å². The Morgan fingerprint density at radius 1 is 1.60 bits per heavy atom. The van der Waals surface area contributed by atoms with Crippen LogP contribution in [0.4, 0.5) is 0 Å². The van der Waals surface area contributed by atoms with Crippen molar-refractivity contribution in [3.8, 4) is 0 Å². The van der Waals surface area contributed by atoms with E-state index in [0.717, 1.165) is 0 Å². The Morgan fingerprint density at radius 3 is 1.60 bits per heavy atom. The van der Waals surface area contributed by atoms with E-state index < -0.39 is 7.14 Å². The highest BCUT2D eigenvalue weighted by Gasteiger charge is 1.89. The second-order valence-electron chi connectivity index (χ2n) is 1.57. The van der Waals surface area contributed by atoms with Crippen LogP contribution in [-0.4, -0.2) is 13.3 Å². The number of hydrogen-bond acceptors (Lipinski definition) is 1. The molecule has 0 fully saturated rings. The minimum Gasteiger partial charge on any atom is -0.324 e. The van der Waals surface area contributed by atoms with E-state index in [1.54, 1.807) is 13.3 Å². The lowest BCUT2D eigenvalue weighted by atomic mass is 11.9. The monoisotopic (exact) mass is 91.0 g/mol. The first kappa shape index (κ1) is 5.23. The van der Waals surface area contributed by atoms with Crippen molar-refractivity contribution in [2.75, 3.05) is 13.3 Å². The fraction of sp³-hybridized carbons (Fsp3) is 0.667. The molecule has 31 valence electrons. The minimum atomic E-state index is -1.89. The number of rotatable bonds is 0. The van der Waals surface area contributed by atoms with Gasteiger partial charge in [-0.05, 0) is 13.3 Å². The molecule has 0 aromatic rings. The van der Waals surface area contributed by atoms with Crippen molar-refractivity contribution >= 4 is 7.14 Å². The molecular formula is C3H8OP. The Hall–Kier alpha value is 0.230. The predicted octanol–water partition coefficient (Wildman–Crippen LogP) is 1.40. The Kier molecular flexibility index (Phi) is 1.19. The van der Waals surface area contributed by atoms with Crippen LogP contribution in [0.5, 0.6) is 0 Å². The van der Waals surface area contributed by atoms with Crippen molar-refractivity contribution in [1.82, 2.24) is 0 Å². The summed E-state index contributed by atoms with van der Waals surface area (Å²) in [5.41, 5.74) is 0. The van der Waals surface area contributed by atoms with Gasteiger partial charge < -0.3 is 4.57 Å². The highest BCUT2D eigenvalue weighted by molar-refractivity contribution is 7.63. The largest absolute Gasteiger partial charge is 0.324 e. The molecule has 0 unspecified atom stereocenters. The van der Waals surface area contributed by atoms with Crippen LogP contribution in [0.2, 0.25) is 0 Å². The summed E-state index contributed by atoms with van der Waals surface area (Å²) < 4.78 is 10.1. The number of hydrogen-bond donors (Lipinski definition) is 0. The smallest absolute Gasteiger partial charge is 0.0823 e. The average molecular weight is 91.1 g/mol. The second-order valence-corrected chi connectivity index (χ2v) is 4.72. The molecule has 0 saturated heterocycles. The van der Waals surface area contributed by atoms with Gasteiger partial charge in [-0.1, -0.05) is 0 Å². The van der Waals surface area contributed by atoms with Crippen LogP contribution in [0, 0.1) is 6.66 Å². The highest BCUT2D eigenvalue weighted by atomic mass is 31.2. The van der Waals surface area contributed by atoms with E-state index in [0.29, 0.717) is 0 Å². The summed E-state index contributed by atoms with van der Waals surface area (Å²) in [6, 6.07) is 0. The van der Waals surface area contributed by atoms with E-state index in [9.17, 15) is 4.57 Å². The van der Waals surface area contributed by atoms with Crippen molar-refractivity contribution in [3.63, 3.8) is 0 Å². The van der Waals surface area contributed by atoms with Gasteiger partial charge in [-0.2, -0.15) is 0 Å². The predicted molar refractivity (Wildman–Crippen MR) is 24.8 cm³/mol. The van der Waals surface area contributed by atoms with E-state index in [4.69, 9.17) is 0 Å². The lowest BCUT2D eigenvalue weighted by Crippen LogP contribution is -1.56. The van der Waals surface area contributed by atoms with Gasteiger partial charge in [0.15, 0.2) is 0 Å². The van der Waals surface area contributed by atoms with Crippen LogP contribution in [0.25, 0.3) is 0 Å². The summed E-state index contributed by atoms with van der Waals surface area (Å²) in [5.74, 6) is 0. The molecule has 0 aromatic carbocycles. The van der Waals surface area contributed by atoms with Gasteiger partial charge in [0.25, 0.3) is 0 Å². The van der Waals surface area contributed by atoms with Crippen molar-refractivity contribution in [1.29, 1.82) is 0 Å². The lowest BCUT2D eigenvalue weighted by Gasteiger charge is -1.86. The first-order chi connectivity index (χ1) is 2.00. The maximum Gasteiger partial charge on any atom is 0.0823 e. The van der Waals surface area contributed by atoms with Crippen LogP contribution in [0.1, 0.15) is 0 Å². The van der Waals surface area contributed by atoms with Crippen molar-refractivity contribution < 1.29 is 4.57 Å². The Labute approximate surface area is 32.8 Å². The third-order valence-corrected chi connectivity index (χ3v) is 0. The van der Waals surface area contributed by atoms with Crippen LogP contribution < -0.4 is 0 Å². The SMILES string of the molecule is [CH2]P(C)(C)=O. The normalized spacial score (nSPS) is 11.8. The van der Waals surface area contributed by atoms with E-state index in [2.05, 4.69) is 6.66 Å². The van der Waals surface area contributed by atoms with Gasteiger partial charge in [0, 0.05) is 6.66 Å². The van der Waals surface area contributed by atoms with Crippen molar-refractivity contribution in [2.45, 2.75) is 0 Å². The molecule has 0 aliphatic carbocycles. The van der Waals surface area contributed by atoms with E-state index in [1.165, 1.54) is 0 Å². The third kappa shape index (κ3) is 398. The van der Waals surface area contributed by atoms with Gasteiger partial charge in [0.1, 0.15) is 0 Å². The molecule has 5 heavy (non-hydrogen) atoms. The van der Waals surface area contributed by atoms with Gasteiger partial charge in [-0.15, -0.1) is 0 Å². The molecule has 1 nitrogen and oxygen atoms in total. The van der Waals surface area contributed by atoms with Gasteiger partial charge in [-0.25, -0.2) is 0 Å². The van der Waals surface area contributed by atoms with Gasteiger partial charge in [0.2, 0.25) is 0 Å². The Bertz CT molecular complexity index is 53.0. The maximum atomic E-state index is 10.1. The molecule has 0 N–H and O–H groups in total. The van der Waals surface area contributed by atoms with Crippen molar-refractivity contribution in [3.05, 3.63) is 6.66 Å². The van der Waals surface area contributed by atoms with E-state index >= 15 is 0 Å². The van der Waals surface area contributed by atoms with Crippen LogP contribution in [0.3, 0.4) is 0 Å². The molecule has 1 radical (unpaired) electrons. The molecule has 0 aliphatic rings. The molecule has 2 heteroatoms. The first-order valence-electron chi connectivity index (χ1n) is 1.39. The fourth-order valence-corrected chi connectivity index (χ4v) is 0. The summed E-state index contributed by atoms with van der Waals surface area (Å²) >= 11 is 0. The lowest BCUT2D eigenvalue weighted by molar-refractivity contribution is 0.588. The van der Waals surface area contributed by atoms with Crippen LogP contribution >= 0.6 is 7.14 Å². The zero-order chi connectivity index (χ0) is 4.50.